The molecule has 5 heteroatoms. The van der Waals surface area contributed by atoms with Crippen molar-refractivity contribution in [1.82, 2.24) is 4.98 Å². The van der Waals surface area contributed by atoms with E-state index in [1.165, 1.54) is 11.1 Å². The monoisotopic (exact) mass is 387 g/mol. The maximum absolute atomic E-state index is 12.7. The smallest absolute Gasteiger partial charge is 0.274 e. The molecule has 0 fully saturated rings. The van der Waals surface area contributed by atoms with Gasteiger partial charge in [-0.05, 0) is 67.8 Å². The number of nitrogens with zero attached hydrogens (tertiary/aromatic N) is 2. The van der Waals surface area contributed by atoms with Crippen LogP contribution in [0.15, 0.2) is 66.9 Å². The lowest BCUT2D eigenvalue weighted by Gasteiger charge is -2.30. The summed E-state index contributed by atoms with van der Waals surface area (Å²) in [6, 6.07) is 19.7. The number of carbonyl (C=O) groups is 1. The van der Waals surface area contributed by atoms with Gasteiger partial charge in [0.15, 0.2) is 0 Å². The van der Waals surface area contributed by atoms with Gasteiger partial charge in [-0.25, -0.2) is 0 Å². The molecule has 5 nitrogen and oxygen atoms in total. The number of amides is 1. The molecule has 4 rings (SSSR count). The quantitative estimate of drug-likeness (QED) is 0.690. The first-order valence-corrected chi connectivity index (χ1v) is 9.94. The zero-order chi connectivity index (χ0) is 20.2. The summed E-state index contributed by atoms with van der Waals surface area (Å²) >= 11 is 0. The van der Waals surface area contributed by atoms with Crippen molar-refractivity contribution in [3.63, 3.8) is 0 Å². The molecule has 0 saturated heterocycles. The molecule has 0 bridgehead atoms. The van der Waals surface area contributed by atoms with Gasteiger partial charge in [-0.3, -0.25) is 9.78 Å². The van der Waals surface area contributed by atoms with Gasteiger partial charge in [0.05, 0.1) is 6.10 Å². The number of carbonyl (C=O) groups excluding carboxylic acids is 1. The third-order valence-electron chi connectivity index (χ3n) is 4.96. The molecule has 148 valence electrons. The molecular formula is C24H25N3O2. The molecule has 0 spiro atoms. The van der Waals surface area contributed by atoms with Crippen LogP contribution in [0.3, 0.4) is 0 Å². The highest BCUT2D eigenvalue weighted by atomic mass is 16.5. The second-order valence-electron chi connectivity index (χ2n) is 7.48. The van der Waals surface area contributed by atoms with E-state index in [1.807, 2.05) is 50.2 Å². The second-order valence-corrected chi connectivity index (χ2v) is 7.48. The first-order valence-electron chi connectivity index (χ1n) is 9.94. The van der Waals surface area contributed by atoms with E-state index in [2.05, 4.69) is 39.5 Å². The Balaban J connectivity index is 1.45. The van der Waals surface area contributed by atoms with Crippen LogP contribution >= 0.6 is 0 Å². The molecule has 1 aliphatic rings. The number of pyridine rings is 1. The largest absolute Gasteiger partial charge is 0.491 e. The predicted octanol–water partition coefficient (Wildman–Crippen LogP) is 4.68. The molecule has 0 aliphatic carbocycles. The maximum Gasteiger partial charge on any atom is 0.274 e. The van der Waals surface area contributed by atoms with Gasteiger partial charge in [-0.15, -0.1) is 0 Å². The van der Waals surface area contributed by atoms with Crippen LogP contribution in [-0.2, 0) is 13.0 Å². The summed E-state index contributed by atoms with van der Waals surface area (Å²) in [5, 5.41) is 2.91. The van der Waals surface area contributed by atoms with Gasteiger partial charge in [-0.1, -0.05) is 24.3 Å². The normalized spacial score (nSPS) is 13.1. The summed E-state index contributed by atoms with van der Waals surface area (Å²) in [5.41, 5.74) is 4.88. The van der Waals surface area contributed by atoms with Crippen LogP contribution in [0.5, 0.6) is 5.75 Å². The lowest BCUT2D eigenvalue weighted by Crippen LogP contribution is -2.30. The molecule has 1 aliphatic heterocycles. The third-order valence-corrected chi connectivity index (χ3v) is 4.96. The lowest BCUT2D eigenvalue weighted by molar-refractivity contribution is 0.102. The fourth-order valence-electron chi connectivity index (χ4n) is 3.54. The van der Waals surface area contributed by atoms with E-state index in [1.54, 1.807) is 6.20 Å². The van der Waals surface area contributed by atoms with E-state index in [4.69, 9.17) is 4.74 Å². The molecule has 2 aromatic carbocycles. The molecule has 1 amide bonds. The Morgan fingerprint density at radius 2 is 1.83 bits per heavy atom. The van der Waals surface area contributed by atoms with E-state index >= 15 is 0 Å². The predicted molar refractivity (Wildman–Crippen MR) is 116 cm³/mol. The Morgan fingerprint density at radius 3 is 2.59 bits per heavy atom. The molecule has 0 radical (unpaired) electrons. The second kappa shape index (κ2) is 8.35. The Hall–Kier alpha value is -3.34. The van der Waals surface area contributed by atoms with Crippen LogP contribution < -0.4 is 15.0 Å². The van der Waals surface area contributed by atoms with Crippen molar-refractivity contribution in [2.24, 2.45) is 0 Å². The van der Waals surface area contributed by atoms with Gasteiger partial charge in [0.1, 0.15) is 11.4 Å². The average molecular weight is 387 g/mol. The van der Waals surface area contributed by atoms with E-state index in [-0.39, 0.29) is 12.0 Å². The van der Waals surface area contributed by atoms with Crippen LogP contribution in [0.2, 0.25) is 0 Å². The number of ether oxygens (including phenoxy) is 1. The number of hydrogen-bond donors (Lipinski definition) is 1. The van der Waals surface area contributed by atoms with Gasteiger partial charge in [0.2, 0.25) is 0 Å². The molecule has 29 heavy (non-hydrogen) atoms. The van der Waals surface area contributed by atoms with E-state index in [0.717, 1.165) is 30.9 Å². The number of nitrogens with one attached hydrogen (secondary N) is 1. The third kappa shape index (κ3) is 4.57. The zero-order valence-electron chi connectivity index (χ0n) is 16.8. The minimum absolute atomic E-state index is 0.115. The fraction of sp³-hybridized carbons (Fsp3) is 0.250. The summed E-state index contributed by atoms with van der Waals surface area (Å²) in [6.07, 6.45) is 2.82. The number of benzene rings is 2. The SMILES string of the molecule is CC(C)Oc1ccc(NC(=O)c2cc(N3CCc4ccccc4C3)ccn2)cc1. The Morgan fingerprint density at radius 1 is 1.07 bits per heavy atom. The molecule has 3 aromatic rings. The molecular weight excluding hydrogens is 362 g/mol. The molecule has 1 N–H and O–H groups in total. The molecule has 2 heterocycles. The van der Waals surface area contributed by atoms with Crippen molar-refractivity contribution in [3.8, 4) is 5.75 Å². The number of anilines is 2. The number of aromatic nitrogens is 1. The fourth-order valence-corrected chi connectivity index (χ4v) is 3.54. The summed E-state index contributed by atoms with van der Waals surface area (Å²) in [7, 11) is 0. The van der Waals surface area contributed by atoms with Crippen LogP contribution in [0.1, 0.15) is 35.5 Å². The summed E-state index contributed by atoms with van der Waals surface area (Å²) in [5.74, 6) is 0.560. The van der Waals surface area contributed by atoms with Crippen molar-refractivity contribution < 1.29 is 9.53 Å². The van der Waals surface area contributed by atoms with Crippen LogP contribution in [0.4, 0.5) is 11.4 Å². The number of rotatable bonds is 5. The summed E-state index contributed by atoms with van der Waals surface area (Å²) < 4.78 is 5.64. The van der Waals surface area contributed by atoms with Crippen molar-refractivity contribution in [2.45, 2.75) is 32.9 Å². The first kappa shape index (κ1) is 19.0. The average Bonchev–Trinajstić information content (AvgIpc) is 2.74. The highest BCUT2D eigenvalue weighted by molar-refractivity contribution is 6.03. The molecule has 0 saturated carbocycles. The Bertz CT molecular complexity index is 999. The first-order chi connectivity index (χ1) is 14.1. The number of fused-ring (bicyclic) bond motifs is 1. The molecule has 0 unspecified atom stereocenters. The minimum Gasteiger partial charge on any atom is -0.491 e. The maximum atomic E-state index is 12.7. The van der Waals surface area contributed by atoms with Crippen molar-refractivity contribution in [3.05, 3.63) is 83.7 Å². The van der Waals surface area contributed by atoms with Crippen LogP contribution in [0, 0.1) is 0 Å². The van der Waals surface area contributed by atoms with E-state index in [9.17, 15) is 4.79 Å². The van der Waals surface area contributed by atoms with Crippen molar-refractivity contribution in [1.29, 1.82) is 0 Å². The van der Waals surface area contributed by atoms with Crippen molar-refractivity contribution in [2.75, 3.05) is 16.8 Å². The van der Waals surface area contributed by atoms with Gasteiger partial charge in [0, 0.05) is 30.7 Å². The van der Waals surface area contributed by atoms with Crippen molar-refractivity contribution >= 4 is 17.3 Å². The summed E-state index contributed by atoms with van der Waals surface area (Å²) in [4.78, 5) is 19.2. The molecule has 0 atom stereocenters. The van der Waals surface area contributed by atoms with Gasteiger partial charge in [-0.2, -0.15) is 0 Å². The standard InChI is InChI=1S/C24H25N3O2/c1-17(2)29-22-9-7-20(8-10-22)26-24(28)23-15-21(11-13-25-23)27-14-12-18-5-3-4-6-19(18)16-27/h3-11,13,15,17H,12,14,16H2,1-2H3,(H,26,28). The highest BCUT2D eigenvalue weighted by Crippen LogP contribution is 2.25. The topological polar surface area (TPSA) is 54.5 Å². The van der Waals surface area contributed by atoms with Gasteiger partial charge in [0.25, 0.3) is 5.91 Å². The van der Waals surface area contributed by atoms with Gasteiger partial charge >= 0.3 is 0 Å². The van der Waals surface area contributed by atoms with Gasteiger partial charge < -0.3 is 15.0 Å². The summed E-state index contributed by atoms with van der Waals surface area (Å²) in [6.45, 7) is 5.74. The molecule has 1 aromatic heterocycles. The zero-order valence-corrected chi connectivity index (χ0v) is 16.8. The highest BCUT2D eigenvalue weighted by Gasteiger charge is 2.17. The number of hydrogen-bond acceptors (Lipinski definition) is 4. The van der Waals surface area contributed by atoms with E-state index in [0.29, 0.717) is 11.4 Å². The Kier molecular flexibility index (Phi) is 5.47. The lowest BCUT2D eigenvalue weighted by atomic mass is 9.99. The van der Waals surface area contributed by atoms with Crippen LogP contribution in [0.25, 0.3) is 0 Å². The van der Waals surface area contributed by atoms with E-state index < -0.39 is 0 Å². The Labute approximate surface area is 171 Å². The van der Waals surface area contributed by atoms with Crippen LogP contribution in [-0.4, -0.2) is 23.5 Å². The minimum atomic E-state index is -0.221.